The molecule has 0 fully saturated rings. The van der Waals surface area contributed by atoms with Crippen molar-refractivity contribution in [2.45, 2.75) is 71.6 Å². The maximum Gasteiger partial charge on any atom is 0.308 e. The molecule has 2 aromatic carbocycles. The van der Waals surface area contributed by atoms with Gasteiger partial charge in [-0.25, -0.2) is 8.78 Å². The van der Waals surface area contributed by atoms with Gasteiger partial charge in [0.05, 0.1) is 18.1 Å². The van der Waals surface area contributed by atoms with Crippen LogP contribution in [-0.2, 0) is 28.9 Å². The summed E-state index contributed by atoms with van der Waals surface area (Å²) in [6.45, 7) is 7.72. The molecule has 6 nitrogen and oxygen atoms in total. The van der Waals surface area contributed by atoms with Gasteiger partial charge in [0, 0.05) is 25.6 Å². The molecule has 196 valence electrons. The summed E-state index contributed by atoms with van der Waals surface area (Å²) >= 11 is 0. The minimum Gasteiger partial charge on any atom is -0.481 e. The number of aryl methyl sites for hydroxylation is 1. The lowest BCUT2D eigenvalue weighted by Crippen LogP contribution is -2.49. The Kier molecular flexibility index (Phi) is 8.84. The molecule has 0 aromatic heterocycles. The summed E-state index contributed by atoms with van der Waals surface area (Å²) in [4.78, 5) is 23.9. The van der Waals surface area contributed by atoms with Crippen molar-refractivity contribution in [3.63, 3.8) is 0 Å². The first-order valence-corrected chi connectivity index (χ1v) is 12.3. The zero-order chi connectivity index (χ0) is 26.6. The topological polar surface area (TPSA) is 98.7 Å². The Morgan fingerprint density at radius 3 is 2.33 bits per heavy atom. The smallest absolute Gasteiger partial charge is 0.308 e. The lowest BCUT2D eigenvalue weighted by molar-refractivity contribution is -0.143. The molecule has 2 aromatic rings. The number of carboxylic acid groups (broad SMARTS) is 1. The third kappa shape index (κ3) is 7.58. The summed E-state index contributed by atoms with van der Waals surface area (Å²) in [7, 11) is 0. The van der Waals surface area contributed by atoms with Gasteiger partial charge >= 0.3 is 5.97 Å². The molecule has 1 aliphatic rings. The Morgan fingerprint density at radius 2 is 1.75 bits per heavy atom. The Morgan fingerprint density at radius 1 is 1.08 bits per heavy atom. The van der Waals surface area contributed by atoms with Crippen LogP contribution in [0, 0.1) is 23.0 Å². The predicted octanol–water partition coefficient (Wildman–Crippen LogP) is 3.94. The third-order valence-electron chi connectivity index (χ3n) is 6.50. The average molecular weight is 503 g/mol. The second-order valence-corrected chi connectivity index (χ2v) is 11.0. The zero-order valence-electron chi connectivity index (χ0n) is 21.3. The Bertz CT molecular complexity index is 1080. The summed E-state index contributed by atoms with van der Waals surface area (Å²) < 4.78 is 27.3. The summed E-state index contributed by atoms with van der Waals surface area (Å²) in [5, 5.41) is 26.7. The highest BCUT2D eigenvalue weighted by atomic mass is 19.1. The number of nitrogens with one attached hydrogen (secondary N) is 2. The van der Waals surface area contributed by atoms with Crippen LogP contribution in [0.2, 0.25) is 0 Å². The number of halogens is 2. The Labute approximate surface area is 211 Å². The number of hydrogen-bond acceptors (Lipinski definition) is 4. The van der Waals surface area contributed by atoms with Crippen molar-refractivity contribution < 1.29 is 28.6 Å². The van der Waals surface area contributed by atoms with E-state index in [2.05, 4.69) is 49.6 Å². The van der Waals surface area contributed by atoms with E-state index in [1.54, 1.807) is 0 Å². The number of carbonyl (C=O) groups is 2. The minimum atomic E-state index is -1.13. The number of amides is 1. The molecular formula is C28H36F2N2O4. The fraction of sp³-hybridized carbons (Fsp3) is 0.500. The highest BCUT2D eigenvalue weighted by molar-refractivity contribution is 5.73. The van der Waals surface area contributed by atoms with Gasteiger partial charge in [0.15, 0.2) is 0 Å². The van der Waals surface area contributed by atoms with Gasteiger partial charge in [-0.15, -0.1) is 0 Å². The summed E-state index contributed by atoms with van der Waals surface area (Å²) in [6.07, 6.45) is 0.839. The monoisotopic (exact) mass is 502 g/mol. The molecule has 0 radical (unpaired) electrons. The summed E-state index contributed by atoms with van der Waals surface area (Å²) in [5.41, 5.74) is 3.46. The van der Waals surface area contributed by atoms with E-state index < -0.39 is 47.6 Å². The standard InChI is InChI=1S/C28H36F2N2O4/c1-16(33)32-24(12-18-9-20(29)13-21(30)10-18)25(34)15-31-26-22(27(35)36)8-7-19-6-5-17(11-23(19)26)14-28(2,3)4/h5-6,9-11,13,22,24-26,31,34H,7-8,12,14-15H2,1-4H3,(H,32,33)(H,35,36). The van der Waals surface area contributed by atoms with E-state index in [0.29, 0.717) is 18.4 Å². The van der Waals surface area contributed by atoms with Crippen LogP contribution in [0.25, 0.3) is 0 Å². The highest BCUT2D eigenvalue weighted by Gasteiger charge is 2.35. The molecule has 4 unspecified atom stereocenters. The van der Waals surface area contributed by atoms with Crippen LogP contribution in [-0.4, -0.2) is 40.8 Å². The maximum atomic E-state index is 13.7. The SMILES string of the molecule is CC(=O)NC(Cc1cc(F)cc(F)c1)C(O)CNC1c2cc(CC(C)(C)C)ccc2CCC1C(=O)O. The van der Waals surface area contributed by atoms with Crippen molar-refractivity contribution in [2.75, 3.05) is 6.54 Å². The molecule has 3 rings (SSSR count). The first-order chi connectivity index (χ1) is 16.8. The average Bonchev–Trinajstić information content (AvgIpc) is 2.74. The first-order valence-electron chi connectivity index (χ1n) is 12.3. The van der Waals surface area contributed by atoms with Crippen LogP contribution in [0.4, 0.5) is 8.78 Å². The molecule has 0 saturated carbocycles. The van der Waals surface area contributed by atoms with E-state index in [9.17, 15) is 28.6 Å². The number of aliphatic hydroxyl groups is 1. The van der Waals surface area contributed by atoms with E-state index >= 15 is 0 Å². The van der Waals surface area contributed by atoms with E-state index in [0.717, 1.165) is 41.3 Å². The molecule has 1 amide bonds. The van der Waals surface area contributed by atoms with Crippen molar-refractivity contribution in [1.82, 2.24) is 10.6 Å². The van der Waals surface area contributed by atoms with Crippen molar-refractivity contribution in [1.29, 1.82) is 0 Å². The molecule has 4 N–H and O–H groups in total. The quantitative estimate of drug-likeness (QED) is 0.416. The minimum absolute atomic E-state index is 0.0104. The number of fused-ring (bicyclic) bond motifs is 1. The molecular weight excluding hydrogens is 466 g/mol. The summed E-state index contributed by atoms with van der Waals surface area (Å²) in [5.74, 6) is -3.47. The molecule has 0 saturated heterocycles. The van der Waals surface area contributed by atoms with Crippen molar-refractivity contribution in [3.05, 3.63) is 70.3 Å². The van der Waals surface area contributed by atoms with Crippen LogP contribution in [0.1, 0.15) is 62.4 Å². The van der Waals surface area contributed by atoms with Crippen LogP contribution in [0.3, 0.4) is 0 Å². The number of aliphatic hydroxyl groups excluding tert-OH is 1. The van der Waals surface area contributed by atoms with Crippen LogP contribution in [0.15, 0.2) is 36.4 Å². The number of rotatable bonds is 9. The zero-order valence-corrected chi connectivity index (χ0v) is 21.3. The lowest BCUT2D eigenvalue weighted by atomic mass is 9.77. The summed E-state index contributed by atoms with van der Waals surface area (Å²) in [6, 6.07) is 7.93. The second kappa shape index (κ2) is 11.5. The number of carboxylic acids is 1. The van der Waals surface area contributed by atoms with Gasteiger partial charge in [-0.3, -0.25) is 9.59 Å². The predicted molar refractivity (Wildman–Crippen MR) is 133 cm³/mol. The van der Waals surface area contributed by atoms with Gasteiger partial charge in [-0.1, -0.05) is 39.0 Å². The molecule has 8 heteroatoms. The van der Waals surface area contributed by atoms with Crippen LogP contribution >= 0.6 is 0 Å². The molecule has 0 spiro atoms. The molecule has 0 bridgehead atoms. The molecule has 0 aliphatic heterocycles. The molecule has 4 atom stereocenters. The van der Waals surface area contributed by atoms with Gasteiger partial charge in [0.1, 0.15) is 11.6 Å². The number of carbonyl (C=O) groups excluding carboxylic acids is 1. The van der Waals surface area contributed by atoms with E-state index in [4.69, 9.17) is 0 Å². The van der Waals surface area contributed by atoms with Gasteiger partial charge in [0.25, 0.3) is 0 Å². The van der Waals surface area contributed by atoms with Crippen molar-refractivity contribution in [2.24, 2.45) is 11.3 Å². The van der Waals surface area contributed by atoms with Gasteiger partial charge in [-0.2, -0.15) is 0 Å². The fourth-order valence-corrected chi connectivity index (χ4v) is 5.01. The fourth-order valence-electron chi connectivity index (χ4n) is 5.01. The van der Waals surface area contributed by atoms with Crippen LogP contribution in [0.5, 0.6) is 0 Å². The number of benzene rings is 2. The maximum absolute atomic E-state index is 13.7. The van der Waals surface area contributed by atoms with Crippen molar-refractivity contribution >= 4 is 11.9 Å². The Balaban J connectivity index is 1.82. The first kappa shape index (κ1) is 27.7. The largest absolute Gasteiger partial charge is 0.481 e. The van der Waals surface area contributed by atoms with Crippen molar-refractivity contribution in [3.8, 4) is 0 Å². The van der Waals surface area contributed by atoms with E-state index in [1.807, 2.05) is 0 Å². The Hall–Kier alpha value is -2.84. The normalized spacial score (nSPS) is 19.3. The van der Waals surface area contributed by atoms with Crippen LogP contribution < -0.4 is 10.6 Å². The third-order valence-corrected chi connectivity index (χ3v) is 6.50. The van der Waals surface area contributed by atoms with Gasteiger partial charge < -0.3 is 20.8 Å². The van der Waals surface area contributed by atoms with E-state index in [-0.39, 0.29) is 18.4 Å². The molecule has 36 heavy (non-hydrogen) atoms. The lowest BCUT2D eigenvalue weighted by Gasteiger charge is -2.34. The van der Waals surface area contributed by atoms with E-state index in [1.165, 1.54) is 6.92 Å². The second-order valence-electron chi connectivity index (χ2n) is 11.0. The number of aliphatic carboxylic acids is 1. The molecule has 0 heterocycles. The number of hydrogen-bond donors (Lipinski definition) is 4. The van der Waals surface area contributed by atoms with Gasteiger partial charge in [0.2, 0.25) is 5.91 Å². The highest BCUT2D eigenvalue weighted by Crippen LogP contribution is 2.36. The van der Waals surface area contributed by atoms with Gasteiger partial charge in [-0.05, 0) is 65.5 Å². The molecule has 1 aliphatic carbocycles.